The van der Waals surface area contributed by atoms with E-state index in [9.17, 15) is 14.4 Å². The first-order valence-electron chi connectivity index (χ1n) is 6.20. The molecule has 0 unspecified atom stereocenters. The fourth-order valence-corrected chi connectivity index (χ4v) is 3.18. The van der Waals surface area contributed by atoms with E-state index in [2.05, 4.69) is 15.6 Å². The SMILES string of the molecule is CNC(=O)c1nc(SC)sc1NC(=O)C1(OC(C)=O)CC1. The van der Waals surface area contributed by atoms with Crippen molar-refractivity contribution in [3.63, 3.8) is 0 Å². The third-order valence-electron chi connectivity index (χ3n) is 2.91. The highest BCUT2D eigenvalue weighted by Crippen LogP contribution is 2.41. The first-order valence-corrected chi connectivity index (χ1v) is 8.24. The lowest BCUT2D eigenvalue weighted by atomic mass is 10.3. The van der Waals surface area contributed by atoms with Crippen LogP contribution in [0.25, 0.3) is 0 Å². The van der Waals surface area contributed by atoms with Gasteiger partial charge in [0.05, 0.1) is 0 Å². The molecule has 1 heterocycles. The van der Waals surface area contributed by atoms with Gasteiger partial charge in [-0.2, -0.15) is 0 Å². The van der Waals surface area contributed by atoms with E-state index in [0.29, 0.717) is 22.2 Å². The van der Waals surface area contributed by atoms with Crippen LogP contribution in [0.3, 0.4) is 0 Å². The molecule has 0 radical (unpaired) electrons. The number of thiazole rings is 1. The quantitative estimate of drug-likeness (QED) is 0.623. The molecule has 1 saturated carbocycles. The van der Waals surface area contributed by atoms with Crippen LogP contribution in [0.4, 0.5) is 5.00 Å². The van der Waals surface area contributed by atoms with Crippen LogP contribution in [-0.2, 0) is 14.3 Å². The molecule has 2 rings (SSSR count). The Labute approximate surface area is 129 Å². The summed E-state index contributed by atoms with van der Waals surface area (Å²) in [5, 5.41) is 5.50. The van der Waals surface area contributed by atoms with E-state index in [1.54, 1.807) is 0 Å². The van der Waals surface area contributed by atoms with Gasteiger partial charge in [0.15, 0.2) is 15.6 Å². The Morgan fingerprint density at radius 2 is 2.05 bits per heavy atom. The normalized spacial score (nSPS) is 15.2. The third-order valence-corrected chi connectivity index (χ3v) is 4.86. The molecule has 2 N–H and O–H groups in total. The maximum absolute atomic E-state index is 12.2. The van der Waals surface area contributed by atoms with Gasteiger partial charge < -0.3 is 15.4 Å². The number of carbonyl (C=O) groups is 3. The second kappa shape index (κ2) is 6.02. The largest absolute Gasteiger partial charge is 0.449 e. The molecule has 0 bridgehead atoms. The van der Waals surface area contributed by atoms with Crippen molar-refractivity contribution in [1.29, 1.82) is 0 Å². The molecule has 1 aromatic rings. The van der Waals surface area contributed by atoms with Crippen molar-refractivity contribution in [3.05, 3.63) is 5.69 Å². The Morgan fingerprint density at radius 3 is 2.52 bits per heavy atom. The molecule has 7 nitrogen and oxygen atoms in total. The Balaban J connectivity index is 2.19. The van der Waals surface area contributed by atoms with Crippen molar-refractivity contribution in [2.24, 2.45) is 0 Å². The number of hydrogen-bond donors (Lipinski definition) is 2. The van der Waals surface area contributed by atoms with Gasteiger partial charge in [0.1, 0.15) is 5.00 Å². The molecule has 9 heteroatoms. The van der Waals surface area contributed by atoms with Gasteiger partial charge in [-0.25, -0.2) is 4.98 Å². The number of hydrogen-bond acceptors (Lipinski definition) is 7. The zero-order valence-electron chi connectivity index (χ0n) is 11.8. The highest BCUT2D eigenvalue weighted by Gasteiger charge is 2.54. The Kier molecular flexibility index (Phi) is 4.52. The molecule has 0 spiro atoms. The maximum atomic E-state index is 12.2. The lowest BCUT2D eigenvalue weighted by Gasteiger charge is -2.14. The lowest BCUT2D eigenvalue weighted by Crippen LogP contribution is -2.34. The van der Waals surface area contributed by atoms with E-state index in [1.807, 2.05) is 6.26 Å². The molecule has 114 valence electrons. The molecule has 1 fully saturated rings. The number of aromatic nitrogens is 1. The van der Waals surface area contributed by atoms with E-state index in [4.69, 9.17) is 4.74 Å². The zero-order chi connectivity index (χ0) is 15.6. The van der Waals surface area contributed by atoms with Gasteiger partial charge in [-0.05, 0) is 6.26 Å². The number of nitrogens with one attached hydrogen (secondary N) is 2. The molecule has 1 aliphatic carbocycles. The topological polar surface area (TPSA) is 97.4 Å². The molecule has 0 aromatic carbocycles. The number of thioether (sulfide) groups is 1. The predicted molar refractivity (Wildman–Crippen MR) is 79.6 cm³/mol. The summed E-state index contributed by atoms with van der Waals surface area (Å²) in [6.45, 7) is 1.27. The third kappa shape index (κ3) is 3.35. The van der Waals surface area contributed by atoms with Crippen LogP contribution in [0.2, 0.25) is 0 Å². The summed E-state index contributed by atoms with van der Waals surface area (Å²) in [6.07, 6.45) is 2.81. The second-order valence-corrected chi connectivity index (χ2v) is 6.54. The van der Waals surface area contributed by atoms with E-state index >= 15 is 0 Å². The van der Waals surface area contributed by atoms with Crippen LogP contribution in [0, 0.1) is 0 Å². The Hall–Kier alpha value is -1.61. The number of amides is 2. The summed E-state index contributed by atoms with van der Waals surface area (Å²) >= 11 is 2.60. The molecule has 21 heavy (non-hydrogen) atoms. The molecule has 1 aromatic heterocycles. The number of ether oxygens (including phenoxy) is 1. The van der Waals surface area contributed by atoms with Crippen molar-refractivity contribution in [1.82, 2.24) is 10.3 Å². The number of rotatable bonds is 5. The monoisotopic (exact) mass is 329 g/mol. The minimum Gasteiger partial charge on any atom is -0.449 e. The molecule has 0 aliphatic heterocycles. The van der Waals surface area contributed by atoms with Gasteiger partial charge in [-0.3, -0.25) is 14.4 Å². The van der Waals surface area contributed by atoms with Crippen molar-refractivity contribution in [3.8, 4) is 0 Å². The molecule has 2 amide bonds. The van der Waals surface area contributed by atoms with Crippen molar-refractivity contribution in [2.45, 2.75) is 29.7 Å². The molecule has 0 atom stereocenters. The molecule has 0 saturated heterocycles. The predicted octanol–water partition coefficient (Wildman–Crippen LogP) is 1.26. The van der Waals surface area contributed by atoms with Crippen molar-refractivity contribution >= 4 is 45.9 Å². The fraction of sp³-hybridized carbons (Fsp3) is 0.500. The Morgan fingerprint density at radius 1 is 1.38 bits per heavy atom. The summed E-state index contributed by atoms with van der Waals surface area (Å²) in [4.78, 5) is 39.2. The lowest BCUT2D eigenvalue weighted by molar-refractivity contribution is -0.154. The number of anilines is 1. The second-order valence-electron chi connectivity index (χ2n) is 4.48. The van der Waals surface area contributed by atoms with Gasteiger partial charge in [-0.15, -0.1) is 0 Å². The number of carbonyl (C=O) groups excluding carboxylic acids is 3. The zero-order valence-corrected chi connectivity index (χ0v) is 13.4. The Bertz CT molecular complexity index is 595. The van der Waals surface area contributed by atoms with E-state index in [-0.39, 0.29) is 11.6 Å². The summed E-state index contributed by atoms with van der Waals surface area (Å²) in [6, 6.07) is 0. The van der Waals surface area contributed by atoms with Gasteiger partial charge >= 0.3 is 5.97 Å². The van der Waals surface area contributed by atoms with Crippen LogP contribution in [0.1, 0.15) is 30.3 Å². The van der Waals surface area contributed by atoms with Gasteiger partial charge in [-0.1, -0.05) is 23.1 Å². The minimum absolute atomic E-state index is 0.166. The van der Waals surface area contributed by atoms with Gasteiger partial charge in [0.2, 0.25) is 0 Å². The summed E-state index contributed by atoms with van der Waals surface area (Å²) in [5.74, 6) is -1.29. The first kappa shape index (κ1) is 15.8. The molecular weight excluding hydrogens is 314 g/mol. The van der Waals surface area contributed by atoms with E-state index < -0.39 is 17.5 Å². The molecular formula is C12H15N3O4S2. The average molecular weight is 329 g/mol. The smallest absolute Gasteiger partial charge is 0.303 e. The summed E-state index contributed by atoms with van der Waals surface area (Å²) in [5.41, 5.74) is -0.922. The van der Waals surface area contributed by atoms with Crippen molar-refractivity contribution in [2.75, 3.05) is 18.6 Å². The van der Waals surface area contributed by atoms with Crippen LogP contribution in [0.5, 0.6) is 0 Å². The van der Waals surface area contributed by atoms with Crippen LogP contribution >= 0.6 is 23.1 Å². The van der Waals surface area contributed by atoms with Crippen LogP contribution in [-0.4, -0.2) is 41.7 Å². The highest BCUT2D eigenvalue weighted by atomic mass is 32.2. The van der Waals surface area contributed by atoms with Gasteiger partial charge in [0.25, 0.3) is 11.8 Å². The number of nitrogens with zero attached hydrogens (tertiary/aromatic N) is 1. The van der Waals surface area contributed by atoms with E-state index in [0.717, 1.165) is 0 Å². The first-order chi connectivity index (χ1) is 9.91. The minimum atomic E-state index is -1.09. The van der Waals surface area contributed by atoms with Crippen molar-refractivity contribution < 1.29 is 19.1 Å². The van der Waals surface area contributed by atoms with Crippen LogP contribution < -0.4 is 10.6 Å². The average Bonchev–Trinajstić information content (AvgIpc) is 3.10. The summed E-state index contributed by atoms with van der Waals surface area (Å²) < 4.78 is 5.74. The standard InChI is InChI=1S/C12H15N3O4S2/c1-6(16)19-12(4-5-12)10(18)15-9-7(8(17)13-2)14-11(20-3)21-9/h4-5H2,1-3H3,(H,13,17)(H,15,18). The van der Waals surface area contributed by atoms with Crippen LogP contribution in [0.15, 0.2) is 4.34 Å². The highest BCUT2D eigenvalue weighted by molar-refractivity contribution is 8.00. The van der Waals surface area contributed by atoms with Gasteiger partial charge in [0, 0.05) is 26.8 Å². The van der Waals surface area contributed by atoms with E-state index in [1.165, 1.54) is 37.1 Å². The maximum Gasteiger partial charge on any atom is 0.303 e. The fourth-order valence-electron chi connectivity index (χ4n) is 1.73. The summed E-state index contributed by atoms with van der Waals surface area (Å²) in [7, 11) is 1.49. The molecule has 1 aliphatic rings. The number of esters is 1.